The molecule has 0 saturated carbocycles. The lowest BCUT2D eigenvalue weighted by Gasteiger charge is -2.25. The van der Waals surface area contributed by atoms with Gasteiger partial charge in [-0.2, -0.15) is 0 Å². The van der Waals surface area contributed by atoms with Gasteiger partial charge in [0.05, 0.1) is 19.3 Å². The molecular weight excluding hydrogens is 462 g/mol. The van der Waals surface area contributed by atoms with Crippen molar-refractivity contribution in [2.75, 3.05) is 24.7 Å². The van der Waals surface area contributed by atoms with E-state index in [9.17, 15) is 5.11 Å². The van der Waals surface area contributed by atoms with E-state index >= 15 is 0 Å². The van der Waals surface area contributed by atoms with Gasteiger partial charge < -0.3 is 24.6 Å². The topological polar surface area (TPSA) is 62.2 Å². The molecule has 0 aromatic heterocycles. The quantitative estimate of drug-likeness (QED) is 0.234. The van der Waals surface area contributed by atoms with Crippen LogP contribution in [0.4, 0.5) is 17.1 Å². The predicted octanol–water partition coefficient (Wildman–Crippen LogP) is 6.08. The minimum atomic E-state index is -0.857. The third-order valence-corrected chi connectivity index (χ3v) is 6.12. The van der Waals surface area contributed by atoms with Crippen LogP contribution in [0.15, 0.2) is 109 Å². The summed E-state index contributed by atoms with van der Waals surface area (Å²) in [5, 5.41) is 18.2. The van der Waals surface area contributed by atoms with Gasteiger partial charge in [0.25, 0.3) is 0 Å². The molecule has 0 aliphatic rings. The van der Waals surface area contributed by atoms with Gasteiger partial charge in [-0.15, -0.1) is 0 Å². The number of aliphatic hydroxyl groups is 2. The van der Waals surface area contributed by atoms with Crippen LogP contribution in [0.25, 0.3) is 0 Å². The molecule has 0 amide bonds. The Bertz CT molecular complexity index is 1140. The lowest BCUT2D eigenvalue weighted by molar-refractivity contribution is -0.0353. The van der Waals surface area contributed by atoms with Crippen LogP contribution < -0.4 is 9.64 Å². The number of hydrogen-bond donors (Lipinski definition) is 2. The van der Waals surface area contributed by atoms with Crippen LogP contribution in [0.2, 0.25) is 0 Å². The van der Waals surface area contributed by atoms with Gasteiger partial charge in [0.2, 0.25) is 0 Å². The molecule has 0 aliphatic heterocycles. The summed E-state index contributed by atoms with van der Waals surface area (Å²) >= 11 is 0. The highest BCUT2D eigenvalue weighted by Gasteiger charge is 2.12. The number of hydrogen-bond acceptors (Lipinski definition) is 5. The van der Waals surface area contributed by atoms with Crippen LogP contribution in [0.3, 0.4) is 0 Å². The molecule has 0 fully saturated rings. The first-order valence-corrected chi connectivity index (χ1v) is 12.7. The summed E-state index contributed by atoms with van der Waals surface area (Å²) in [6.45, 7) is 2.05. The Morgan fingerprint density at radius 1 is 0.649 bits per heavy atom. The van der Waals surface area contributed by atoms with E-state index in [4.69, 9.17) is 14.6 Å². The lowest BCUT2D eigenvalue weighted by Crippen LogP contribution is -2.26. The average Bonchev–Trinajstić information content (AvgIpc) is 2.96. The van der Waals surface area contributed by atoms with Gasteiger partial charge in [0.1, 0.15) is 18.5 Å². The highest BCUT2D eigenvalue weighted by molar-refractivity contribution is 5.76. The molecule has 4 rings (SSSR count). The van der Waals surface area contributed by atoms with Crippen LogP contribution in [0.5, 0.6) is 5.75 Å². The SMILES string of the molecule is CC(COc1ccc(CCc2ccc(N(c3ccccc3)c3ccccc3)cc2)cc1)OCC(O)CO. The molecule has 4 aromatic rings. The van der Waals surface area contributed by atoms with Gasteiger partial charge in [-0.05, 0) is 79.4 Å². The number of ether oxygens (including phenoxy) is 2. The fourth-order valence-electron chi connectivity index (χ4n) is 4.04. The number of rotatable bonds is 13. The number of aliphatic hydroxyl groups excluding tert-OH is 2. The van der Waals surface area contributed by atoms with Crippen molar-refractivity contribution in [3.05, 3.63) is 120 Å². The van der Waals surface area contributed by atoms with Gasteiger partial charge >= 0.3 is 0 Å². The second-order valence-corrected chi connectivity index (χ2v) is 9.11. The van der Waals surface area contributed by atoms with Crippen molar-refractivity contribution in [1.29, 1.82) is 0 Å². The minimum Gasteiger partial charge on any atom is -0.491 e. The van der Waals surface area contributed by atoms with Gasteiger partial charge in [-0.1, -0.05) is 60.7 Å². The Balaban J connectivity index is 1.32. The van der Waals surface area contributed by atoms with Crippen molar-refractivity contribution in [3.8, 4) is 5.75 Å². The van der Waals surface area contributed by atoms with Crippen molar-refractivity contribution >= 4 is 17.1 Å². The van der Waals surface area contributed by atoms with Gasteiger partial charge in [-0.25, -0.2) is 0 Å². The molecule has 192 valence electrons. The molecule has 0 spiro atoms. The first kappa shape index (κ1) is 26.4. The summed E-state index contributed by atoms with van der Waals surface area (Å²) in [4.78, 5) is 2.27. The zero-order valence-electron chi connectivity index (χ0n) is 21.2. The molecule has 5 heteroatoms. The maximum atomic E-state index is 9.37. The van der Waals surface area contributed by atoms with E-state index in [2.05, 4.69) is 89.8 Å². The first-order chi connectivity index (χ1) is 18.1. The Kier molecular flexibility index (Phi) is 9.72. The molecular formula is C32H35NO4. The summed E-state index contributed by atoms with van der Waals surface area (Å²) in [5.74, 6) is 0.785. The highest BCUT2D eigenvalue weighted by atomic mass is 16.5. The predicted molar refractivity (Wildman–Crippen MR) is 149 cm³/mol. The van der Waals surface area contributed by atoms with E-state index in [1.807, 2.05) is 31.2 Å². The molecule has 37 heavy (non-hydrogen) atoms. The maximum Gasteiger partial charge on any atom is 0.119 e. The summed E-state index contributed by atoms with van der Waals surface area (Å²) in [7, 11) is 0. The third kappa shape index (κ3) is 7.92. The summed E-state index contributed by atoms with van der Waals surface area (Å²) in [6, 6.07) is 37.8. The minimum absolute atomic E-state index is 0.0947. The zero-order chi connectivity index (χ0) is 25.9. The van der Waals surface area contributed by atoms with Crippen molar-refractivity contribution in [2.45, 2.75) is 32.0 Å². The molecule has 0 aliphatic carbocycles. The fraction of sp³-hybridized carbons (Fsp3) is 0.250. The van der Waals surface area contributed by atoms with Gasteiger partial charge in [-0.3, -0.25) is 0 Å². The molecule has 0 radical (unpaired) electrons. The Hall–Kier alpha value is -3.64. The second-order valence-electron chi connectivity index (χ2n) is 9.11. The maximum absolute atomic E-state index is 9.37. The number of aryl methyl sites for hydroxylation is 2. The zero-order valence-corrected chi connectivity index (χ0v) is 21.2. The van der Waals surface area contributed by atoms with E-state index in [0.717, 1.165) is 35.7 Å². The van der Waals surface area contributed by atoms with E-state index < -0.39 is 6.10 Å². The molecule has 0 heterocycles. The van der Waals surface area contributed by atoms with E-state index in [1.165, 1.54) is 11.1 Å². The van der Waals surface area contributed by atoms with Crippen LogP contribution in [-0.4, -0.2) is 42.2 Å². The van der Waals surface area contributed by atoms with Crippen LogP contribution >= 0.6 is 0 Å². The van der Waals surface area contributed by atoms with Gasteiger partial charge in [0, 0.05) is 17.1 Å². The van der Waals surface area contributed by atoms with Crippen LogP contribution in [-0.2, 0) is 17.6 Å². The average molecular weight is 498 g/mol. The van der Waals surface area contributed by atoms with E-state index in [-0.39, 0.29) is 19.3 Å². The number of nitrogens with zero attached hydrogens (tertiary/aromatic N) is 1. The molecule has 0 bridgehead atoms. The van der Waals surface area contributed by atoms with Crippen molar-refractivity contribution < 1.29 is 19.7 Å². The molecule has 4 aromatic carbocycles. The van der Waals surface area contributed by atoms with Crippen LogP contribution in [0, 0.1) is 0 Å². The van der Waals surface area contributed by atoms with Gasteiger partial charge in [0.15, 0.2) is 0 Å². The summed E-state index contributed by atoms with van der Waals surface area (Å²) in [5.41, 5.74) is 5.94. The molecule has 5 nitrogen and oxygen atoms in total. The third-order valence-electron chi connectivity index (χ3n) is 6.12. The van der Waals surface area contributed by atoms with Crippen molar-refractivity contribution in [2.24, 2.45) is 0 Å². The standard InChI is InChI=1S/C32H35NO4/c1-25(36-24-31(35)22-34)23-37-32-20-16-27(17-21-32)13-12-26-14-18-30(19-15-26)33(28-8-4-2-5-9-28)29-10-6-3-7-11-29/h2-11,14-21,25,31,34-35H,12-13,22-24H2,1H3. The number of para-hydroxylation sites is 2. The normalized spacial score (nSPS) is 12.6. The lowest BCUT2D eigenvalue weighted by atomic mass is 10.0. The molecule has 0 saturated heterocycles. The fourth-order valence-corrected chi connectivity index (χ4v) is 4.04. The van der Waals surface area contributed by atoms with Crippen molar-refractivity contribution in [1.82, 2.24) is 0 Å². The molecule has 2 atom stereocenters. The number of anilines is 3. The Labute approximate surface area is 219 Å². The Morgan fingerprint density at radius 2 is 1.14 bits per heavy atom. The summed E-state index contributed by atoms with van der Waals surface area (Å²) < 4.78 is 11.2. The number of benzene rings is 4. The first-order valence-electron chi connectivity index (χ1n) is 12.7. The highest BCUT2D eigenvalue weighted by Crippen LogP contribution is 2.34. The molecule has 2 unspecified atom stereocenters. The van der Waals surface area contributed by atoms with E-state index in [1.54, 1.807) is 0 Å². The monoisotopic (exact) mass is 497 g/mol. The summed E-state index contributed by atoms with van der Waals surface area (Å²) in [6.07, 6.45) is 0.863. The van der Waals surface area contributed by atoms with E-state index in [0.29, 0.717) is 6.61 Å². The Morgan fingerprint density at radius 3 is 1.65 bits per heavy atom. The van der Waals surface area contributed by atoms with Crippen molar-refractivity contribution in [3.63, 3.8) is 0 Å². The molecule has 2 N–H and O–H groups in total. The largest absolute Gasteiger partial charge is 0.491 e. The smallest absolute Gasteiger partial charge is 0.119 e. The second kappa shape index (κ2) is 13.6. The van der Waals surface area contributed by atoms with Crippen LogP contribution in [0.1, 0.15) is 18.1 Å².